The molecule has 0 aliphatic heterocycles. The molecule has 21 heavy (non-hydrogen) atoms. The zero-order valence-electron chi connectivity index (χ0n) is 13.4. The molecule has 4 heteroatoms. The number of carbonyl (C=O) groups is 1. The highest BCUT2D eigenvalue weighted by Crippen LogP contribution is 2.22. The Morgan fingerprint density at radius 3 is 2.29 bits per heavy atom. The smallest absolute Gasteiger partial charge is 0.256 e. The van der Waals surface area contributed by atoms with Crippen molar-refractivity contribution in [2.24, 2.45) is 0 Å². The van der Waals surface area contributed by atoms with Crippen molar-refractivity contribution in [3.8, 4) is 0 Å². The maximum Gasteiger partial charge on any atom is 0.256 e. The van der Waals surface area contributed by atoms with Gasteiger partial charge in [-0.15, -0.1) is 0 Å². The number of carbonyl (C=O) groups excluding carboxylic acids is 1. The first kappa shape index (κ1) is 17.5. The van der Waals surface area contributed by atoms with Crippen LogP contribution in [0.5, 0.6) is 0 Å². The van der Waals surface area contributed by atoms with Crippen LogP contribution in [0.3, 0.4) is 0 Å². The molecule has 1 aromatic rings. The summed E-state index contributed by atoms with van der Waals surface area (Å²) in [6.07, 6.45) is 4.03. The summed E-state index contributed by atoms with van der Waals surface area (Å²) in [7, 11) is 0. The summed E-state index contributed by atoms with van der Waals surface area (Å²) in [5.74, 6) is -0.444. The van der Waals surface area contributed by atoms with Crippen molar-refractivity contribution < 1.29 is 9.18 Å². The average Bonchev–Trinajstić information content (AvgIpc) is 2.49. The molecular weight excluding hydrogens is 267 g/mol. The van der Waals surface area contributed by atoms with E-state index in [0.29, 0.717) is 17.8 Å². The van der Waals surface area contributed by atoms with Gasteiger partial charge in [-0.3, -0.25) is 4.79 Å². The Morgan fingerprint density at radius 2 is 1.76 bits per heavy atom. The number of para-hydroxylation sites is 1. The lowest BCUT2D eigenvalue weighted by molar-refractivity contribution is 0.0751. The Bertz CT molecular complexity index is 440. The fourth-order valence-electron chi connectivity index (χ4n) is 2.24. The number of nitrogens with one attached hydrogen (secondary N) is 1. The number of halogens is 1. The van der Waals surface area contributed by atoms with Gasteiger partial charge in [0.1, 0.15) is 5.82 Å². The van der Waals surface area contributed by atoms with Gasteiger partial charge < -0.3 is 10.2 Å². The second kappa shape index (κ2) is 9.37. The lowest BCUT2D eigenvalue weighted by Gasteiger charge is -2.24. The minimum atomic E-state index is -0.367. The monoisotopic (exact) mass is 294 g/mol. The van der Waals surface area contributed by atoms with Gasteiger partial charge in [-0.1, -0.05) is 32.8 Å². The number of anilines is 1. The van der Waals surface area contributed by atoms with E-state index >= 15 is 0 Å². The summed E-state index contributed by atoms with van der Waals surface area (Å²) >= 11 is 0. The zero-order chi connectivity index (χ0) is 15.7. The number of unbranched alkanes of at least 4 members (excludes halogenated alkanes) is 2. The lowest BCUT2D eigenvalue weighted by Crippen LogP contribution is -2.33. The molecule has 0 bridgehead atoms. The molecule has 0 saturated heterocycles. The van der Waals surface area contributed by atoms with Gasteiger partial charge in [0, 0.05) is 19.6 Å². The van der Waals surface area contributed by atoms with Crippen LogP contribution in [-0.2, 0) is 0 Å². The molecule has 0 fully saturated rings. The molecule has 0 spiro atoms. The molecular formula is C17H27FN2O. The number of amides is 1. The van der Waals surface area contributed by atoms with Crippen LogP contribution >= 0.6 is 0 Å². The molecule has 0 unspecified atom stereocenters. The summed E-state index contributed by atoms with van der Waals surface area (Å²) in [5, 5.41) is 2.97. The van der Waals surface area contributed by atoms with Crippen molar-refractivity contribution in [3.63, 3.8) is 0 Å². The van der Waals surface area contributed by atoms with E-state index in [-0.39, 0.29) is 11.7 Å². The summed E-state index contributed by atoms with van der Waals surface area (Å²) < 4.78 is 13.9. The van der Waals surface area contributed by atoms with Crippen LogP contribution in [0.2, 0.25) is 0 Å². The van der Waals surface area contributed by atoms with Gasteiger partial charge in [0.05, 0.1) is 11.3 Å². The van der Waals surface area contributed by atoms with Crippen molar-refractivity contribution in [2.45, 2.75) is 46.5 Å². The Labute approximate surface area is 127 Å². The van der Waals surface area contributed by atoms with Crippen LogP contribution in [-0.4, -0.2) is 30.4 Å². The quantitative estimate of drug-likeness (QED) is 0.736. The van der Waals surface area contributed by atoms with Crippen LogP contribution in [0.1, 0.15) is 56.8 Å². The van der Waals surface area contributed by atoms with E-state index in [0.717, 1.165) is 38.8 Å². The Morgan fingerprint density at radius 1 is 1.14 bits per heavy atom. The predicted molar refractivity (Wildman–Crippen MR) is 86.3 cm³/mol. The fourth-order valence-corrected chi connectivity index (χ4v) is 2.24. The molecule has 0 radical (unpaired) electrons. The van der Waals surface area contributed by atoms with E-state index in [9.17, 15) is 9.18 Å². The minimum Gasteiger partial charge on any atom is -0.382 e. The third-order valence-electron chi connectivity index (χ3n) is 3.45. The molecule has 118 valence electrons. The summed E-state index contributed by atoms with van der Waals surface area (Å²) in [6, 6.07) is 4.69. The second-order valence-electron chi connectivity index (χ2n) is 5.19. The lowest BCUT2D eigenvalue weighted by atomic mass is 10.1. The Hall–Kier alpha value is -1.58. The van der Waals surface area contributed by atoms with Crippen molar-refractivity contribution in [3.05, 3.63) is 29.6 Å². The topological polar surface area (TPSA) is 32.3 Å². The summed E-state index contributed by atoms with van der Waals surface area (Å²) in [4.78, 5) is 14.6. The highest BCUT2D eigenvalue weighted by molar-refractivity contribution is 5.99. The van der Waals surface area contributed by atoms with Crippen LogP contribution < -0.4 is 5.32 Å². The van der Waals surface area contributed by atoms with Gasteiger partial charge in [-0.2, -0.15) is 0 Å². The van der Waals surface area contributed by atoms with E-state index < -0.39 is 0 Å². The fraction of sp³-hybridized carbons (Fsp3) is 0.588. The highest BCUT2D eigenvalue weighted by Gasteiger charge is 2.20. The van der Waals surface area contributed by atoms with Gasteiger partial charge in [0.25, 0.3) is 5.91 Å². The van der Waals surface area contributed by atoms with Crippen molar-refractivity contribution in [1.82, 2.24) is 4.90 Å². The SMILES string of the molecule is CCCCN(CCCC)C(=O)c1cccc(F)c1NCC. The van der Waals surface area contributed by atoms with Gasteiger partial charge in [0.2, 0.25) is 0 Å². The molecule has 0 heterocycles. The number of hydrogen-bond acceptors (Lipinski definition) is 2. The van der Waals surface area contributed by atoms with E-state index in [4.69, 9.17) is 0 Å². The number of rotatable bonds is 9. The molecule has 1 rings (SSSR count). The number of benzene rings is 1. The van der Waals surface area contributed by atoms with Gasteiger partial charge in [-0.25, -0.2) is 4.39 Å². The number of hydrogen-bond donors (Lipinski definition) is 1. The average molecular weight is 294 g/mol. The van der Waals surface area contributed by atoms with E-state index in [2.05, 4.69) is 19.2 Å². The normalized spacial score (nSPS) is 10.5. The van der Waals surface area contributed by atoms with Crippen LogP contribution in [0.25, 0.3) is 0 Å². The van der Waals surface area contributed by atoms with Crippen molar-refractivity contribution in [1.29, 1.82) is 0 Å². The standard InChI is InChI=1S/C17H27FN2O/c1-4-7-12-20(13-8-5-2)17(21)14-10-9-11-15(18)16(14)19-6-3/h9-11,19H,4-8,12-13H2,1-3H3. The molecule has 0 aliphatic rings. The van der Waals surface area contributed by atoms with E-state index in [1.807, 2.05) is 11.8 Å². The van der Waals surface area contributed by atoms with Gasteiger partial charge in [0.15, 0.2) is 0 Å². The summed E-state index contributed by atoms with van der Waals surface area (Å²) in [6.45, 7) is 8.16. The van der Waals surface area contributed by atoms with E-state index in [1.54, 1.807) is 12.1 Å². The van der Waals surface area contributed by atoms with Crippen molar-refractivity contribution >= 4 is 11.6 Å². The molecule has 1 aromatic carbocycles. The first-order chi connectivity index (χ1) is 10.2. The molecule has 0 aliphatic carbocycles. The second-order valence-corrected chi connectivity index (χ2v) is 5.19. The Balaban J connectivity index is 2.98. The maximum absolute atomic E-state index is 13.9. The van der Waals surface area contributed by atoms with Crippen LogP contribution in [0.15, 0.2) is 18.2 Å². The molecule has 0 saturated carbocycles. The molecule has 1 amide bonds. The molecule has 0 aromatic heterocycles. The molecule has 0 atom stereocenters. The molecule has 3 nitrogen and oxygen atoms in total. The first-order valence-corrected chi connectivity index (χ1v) is 7.97. The highest BCUT2D eigenvalue weighted by atomic mass is 19.1. The Kier molecular flexibility index (Phi) is 7.80. The van der Waals surface area contributed by atoms with Crippen LogP contribution in [0.4, 0.5) is 10.1 Å². The number of nitrogens with zero attached hydrogens (tertiary/aromatic N) is 1. The van der Waals surface area contributed by atoms with E-state index in [1.165, 1.54) is 6.07 Å². The third kappa shape index (κ3) is 5.03. The predicted octanol–water partition coefficient (Wildman–Crippen LogP) is 4.30. The first-order valence-electron chi connectivity index (χ1n) is 7.97. The largest absolute Gasteiger partial charge is 0.382 e. The maximum atomic E-state index is 13.9. The minimum absolute atomic E-state index is 0.0765. The third-order valence-corrected chi connectivity index (χ3v) is 3.45. The zero-order valence-corrected chi connectivity index (χ0v) is 13.4. The summed E-state index contributed by atoms with van der Waals surface area (Å²) in [5.41, 5.74) is 0.757. The van der Waals surface area contributed by atoms with Crippen molar-refractivity contribution in [2.75, 3.05) is 25.0 Å². The molecule has 1 N–H and O–H groups in total. The van der Waals surface area contributed by atoms with Crippen LogP contribution in [0, 0.1) is 5.82 Å². The van der Waals surface area contributed by atoms with Gasteiger partial charge in [-0.05, 0) is 31.9 Å². The van der Waals surface area contributed by atoms with Gasteiger partial charge >= 0.3 is 0 Å².